The number of nitrogens with zero attached hydrogens (tertiary/aromatic N) is 4. The first kappa shape index (κ1) is 26.4. The Morgan fingerprint density at radius 1 is 0.950 bits per heavy atom. The third-order valence-corrected chi connectivity index (χ3v) is 5.71. The largest absolute Gasteiger partial charge is 0.457 e. The molecule has 204 valence electrons. The number of carbonyl (C=O) groups excluding carboxylic acids is 2. The Morgan fingerprint density at radius 3 is 2.48 bits per heavy atom. The molecule has 0 aliphatic carbocycles. The first-order valence-electron chi connectivity index (χ1n) is 12.3. The van der Waals surface area contributed by atoms with Gasteiger partial charge in [-0.15, -0.1) is 0 Å². The highest BCUT2D eigenvalue weighted by atomic mass is 19.1. The van der Waals surface area contributed by atoms with Crippen molar-refractivity contribution in [3.63, 3.8) is 0 Å². The van der Waals surface area contributed by atoms with Gasteiger partial charge in [-0.1, -0.05) is 0 Å². The van der Waals surface area contributed by atoms with Gasteiger partial charge in [0, 0.05) is 37.0 Å². The molecule has 3 N–H and O–H groups in total. The third-order valence-electron chi connectivity index (χ3n) is 5.71. The minimum absolute atomic E-state index is 0.0488. The quantitative estimate of drug-likeness (QED) is 0.226. The highest BCUT2D eigenvalue weighted by Gasteiger charge is 2.21. The molecule has 0 atom stereocenters. The minimum atomic E-state index is -0.703. The first-order chi connectivity index (χ1) is 19.0. The van der Waals surface area contributed by atoms with Gasteiger partial charge in [-0.05, 0) is 57.2 Å². The molecular weight excluding hydrogens is 517 g/mol. The van der Waals surface area contributed by atoms with Gasteiger partial charge in [-0.3, -0.25) is 9.48 Å². The molecular formula is C28H26FN7O4. The zero-order valence-corrected chi connectivity index (χ0v) is 22.2. The van der Waals surface area contributed by atoms with Crippen molar-refractivity contribution in [1.82, 2.24) is 19.7 Å². The van der Waals surface area contributed by atoms with Crippen molar-refractivity contribution in [1.29, 1.82) is 0 Å². The highest BCUT2D eigenvalue weighted by molar-refractivity contribution is 6.02. The number of nitrogens with one attached hydrogen (secondary N) is 3. The molecule has 2 aromatic carbocycles. The molecule has 12 heteroatoms. The van der Waals surface area contributed by atoms with Gasteiger partial charge in [0.25, 0.3) is 0 Å². The van der Waals surface area contributed by atoms with Crippen molar-refractivity contribution in [2.45, 2.75) is 33.2 Å². The lowest BCUT2D eigenvalue weighted by Crippen LogP contribution is -2.22. The molecule has 0 aliphatic rings. The Kier molecular flexibility index (Phi) is 6.91. The summed E-state index contributed by atoms with van der Waals surface area (Å²) in [5, 5.41) is 12.6. The maximum atomic E-state index is 14.9. The van der Waals surface area contributed by atoms with Crippen molar-refractivity contribution in [3.8, 4) is 22.8 Å². The number of urea groups is 1. The summed E-state index contributed by atoms with van der Waals surface area (Å²) in [5.41, 5.74) is 2.56. The minimum Gasteiger partial charge on any atom is -0.457 e. The van der Waals surface area contributed by atoms with Crippen LogP contribution in [0.25, 0.3) is 22.4 Å². The summed E-state index contributed by atoms with van der Waals surface area (Å²) in [6.07, 6.45) is 4.54. The van der Waals surface area contributed by atoms with Crippen LogP contribution < -0.4 is 20.7 Å². The fourth-order valence-electron chi connectivity index (χ4n) is 3.82. The van der Waals surface area contributed by atoms with Gasteiger partial charge in [0.15, 0.2) is 12.0 Å². The Hall–Kier alpha value is -5.26. The molecule has 0 fully saturated rings. The number of amides is 3. The number of carbonyl (C=O) groups is 2. The van der Waals surface area contributed by atoms with Gasteiger partial charge < -0.3 is 25.1 Å². The first-order valence-corrected chi connectivity index (χ1v) is 12.3. The number of benzene rings is 2. The van der Waals surface area contributed by atoms with Crippen LogP contribution in [-0.2, 0) is 10.3 Å². The maximum absolute atomic E-state index is 14.9. The number of hydrogen-bond donors (Lipinski definition) is 3. The van der Waals surface area contributed by atoms with Gasteiger partial charge in [0.1, 0.15) is 34.3 Å². The monoisotopic (exact) mass is 543 g/mol. The number of ether oxygens (including phenoxy) is 1. The van der Waals surface area contributed by atoms with E-state index in [4.69, 9.17) is 14.3 Å². The van der Waals surface area contributed by atoms with E-state index >= 15 is 0 Å². The van der Waals surface area contributed by atoms with Crippen LogP contribution in [0.2, 0.25) is 0 Å². The lowest BCUT2D eigenvalue weighted by atomic mass is 10.1. The van der Waals surface area contributed by atoms with Crippen LogP contribution in [0, 0.1) is 5.82 Å². The third kappa shape index (κ3) is 5.90. The number of oxazole rings is 1. The summed E-state index contributed by atoms with van der Waals surface area (Å²) in [7, 11) is 0. The molecule has 0 unspecified atom stereocenters. The molecule has 0 saturated carbocycles. The number of fused-ring (bicyclic) bond motifs is 1. The van der Waals surface area contributed by atoms with Crippen LogP contribution in [0.5, 0.6) is 11.5 Å². The Balaban J connectivity index is 1.33. The van der Waals surface area contributed by atoms with E-state index in [1.807, 2.05) is 32.9 Å². The Bertz CT molecular complexity index is 1720. The van der Waals surface area contributed by atoms with Crippen molar-refractivity contribution in [2.75, 3.05) is 16.0 Å². The second-order valence-corrected chi connectivity index (χ2v) is 9.92. The predicted octanol–water partition coefficient (Wildman–Crippen LogP) is 6.38. The van der Waals surface area contributed by atoms with Crippen molar-refractivity contribution >= 4 is 40.2 Å². The average molecular weight is 544 g/mol. The fourth-order valence-corrected chi connectivity index (χ4v) is 3.82. The van der Waals surface area contributed by atoms with Gasteiger partial charge in [0.2, 0.25) is 5.91 Å². The summed E-state index contributed by atoms with van der Waals surface area (Å²) in [6.45, 7) is 7.32. The molecule has 0 aliphatic heterocycles. The normalized spacial score (nSPS) is 11.3. The number of pyridine rings is 1. The molecule has 3 amide bonds. The number of anilines is 3. The standard InChI is InChI=1S/C28H26FN7O4/c1-16(37)32-25-13-19(9-10-30-25)40-18-6-7-21(20(29)12-18)33-27(38)34-23-14-36(28(2,3)4)35-26(23)17-5-8-24-22(11-17)31-15-39-24/h5-15H,1-4H3,(H,30,32,37)(H2,33,34,38). The van der Waals surface area contributed by atoms with E-state index in [-0.39, 0.29) is 22.9 Å². The second-order valence-electron chi connectivity index (χ2n) is 9.92. The Morgan fingerprint density at radius 2 is 1.73 bits per heavy atom. The van der Waals surface area contributed by atoms with Crippen LogP contribution in [-0.4, -0.2) is 31.7 Å². The molecule has 0 spiro atoms. The summed E-state index contributed by atoms with van der Waals surface area (Å²) >= 11 is 0. The average Bonchev–Trinajstić information content (AvgIpc) is 3.52. The van der Waals surface area contributed by atoms with Crippen molar-refractivity contribution in [3.05, 3.63) is 73.1 Å². The molecule has 5 aromatic rings. The zero-order chi connectivity index (χ0) is 28.4. The molecule has 0 bridgehead atoms. The van der Waals surface area contributed by atoms with Gasteiger partial charge in [-0.2, -0.15) is 5.10 Å². The number of aromatic nitrogens is 4. The van der Waals surface area contributed by atoms with E-state index in [9.17, 15) is 14.0 Å². The second kappa shape index (κ2) is 10.5. The van der Waals surface area contributed by atoms with Crippen LogP contribution >= 0.6 is 0 Å². The molecule has 5 rings (SSSR count). The summed E-state index contributed by atoms with van der Waals surface area (Å²) < 4.78 is 27.6. The van der Waals surface area contributed by atoms with E-state index in [1.54, 1.807) is 23.0 Å². The molecule has 0 saturated heterocycles. The van der Waals surface area contributed by atoms with Crippen molar-refractivity contribution < 1.29 is 23.1 Å². The molecule has 0 radical (unpaired) electrons. The van der Waals surface area contributed by atoms with E-state index in [2.05, 4.69) is 25.9 Å². The summed E-state index contributed by atoms with van der Waals surface area (Å²) in [4.78, 5) is 32.4. The molecule has 3 aromatic heterocycles. The number of hydrogen-bond acceptors (Lipinski definition) is 7. The summed E-state index contributed by atoms with van der Waals surface area (Å²) in [5.74, 6) is -0.135. The summed E-state index contributed by atoms with van der Waals surface area (Å²) in [6, 6.07) is 11.9. The number of rotatable bonds is 6. The van der Waals surface area contributed by atoms with E-state index in [0.717, 1.165) is 11.6 Å². The van der Waals surface area contributed by atoms with E-state index in [0.29, 0.717) is 34.0 Å². The predicted molar refractivity (Wildman–Crippen MR) is 148 cm³/mol. The highest BCUT2D eigenvalue weighted by Crippen LogP contribution is 2.32. The van der Waals surface area contributed by atoms with Gasteiger partial charge in [0.05, 0.1) is 16.9 Å². The molecule has 40 heavy (non-hydrogen) atoms. The van der Waals surface area contributed by atoms with Crippen LogP contribution in [0.4, 0.5) is 26.4 Å². The van der Waals surface area contributed by atoms with Crippen LogP contribution in [0.3, 0.4) is 0 Å². The van der Waals surface area contributed by atoms with E-state index < -0.39 is 11.8 Å². The van der Waals surface area contributed by atoms with Crippen LogP contribution in [0.15, 0.2) is 71.7 Å². The van der Waals surface area contributed by atoms with Crippen molar-refractivity contribution in [2.24, 2.45) is 0 Å². The smallest absolute Gasteiger partial charge is 0.323 e. The number of halogens is 1. The maximum Gasteiger partial charge on any atom is 0.323 e. The fraction of sp³-hybridized carbons (Fsp3) is 0.179. The zero-order valence-electron chi connectivity index (χ0n) is 22.2. The lowest BCUT2D eigenvalue weighted by Gasteiger charge is -2.18. The lowest BCUT2D eigenvalue weighted by molar-refractivity contribution is -0.114. The Labute approximate surface area is 228 Å². The molecule has 11 nitrogen and oxygen atoms in total. The SMILES string of the molecule is CC(=O)Nc1cc(Oc2ccc(NC(=O)Nc3cn(C(C)(C)C)nc3-c3ccc4ocnc4c3)c(F)c2)ccn1. The topological polar surface area (TPSA) is 136 Å². The van der Waals surface area contributed by atoms with Gasteiger partial charge >= 0.3 is 6.03 Å². The van der Waals surface area contributed by atoms with E-state index in [1.165, 1.54) is 37.7 Å². The molecule has 3 heterocycles. The van der Waals surface area contributed by atoms with Crippen LogP contribution in [0.1, 0.15) is 27.7 Å². The van der Waals surface area contributed by atoms with Gasteiger partial charge in [-0.25, -0.2) is 19.2 Å².